The molecular formula is C26H28N2O6. The fraction of sp³-hybridized carbons (Fsp3) is 0.231. The third-order valence-electron chi connectivity index (χ3n) is 5.41. The number of rotatable bonds is 9. The zero-order valence-corrected chi connectivity index (χ0v) is 19.0. The van der Waals surface area contributed by atoms with E-state index in [9.17, 15) is 14.7 Å². The fourth-order valence-electron chi connectivity index (χ4n) is 3.67. The Hall–Kier alpha value is -3.88. The van der Waals surface area contributed by atoms with Crippen molar-refractivity contribution in [2.24, 2.45) is 0 Å². The SMILES string of the molecule is CO[C@@H](CC/C=C/C(=O)NO)[C@@H](OC(=O)Nc1ccc(C)cc1)c1ccc(O)c2ccccc12. The van der Waals surface area contributed by atoms with Crippen molar-refractivity contribution in [1.29, 1.82) is 0 Å². The quantitative estimate of drug-likeness (QED) is 0.201. The first kappa shape index (κ1) is 24.8. The summed E-state index contributed by atoms with van der Waals surface area (Å²) in [6.07, 6.45) is 1.64. The molecule has 0 radical (unpaired) electrons. The second kappa shape index (κ2) is 11.8. The number of ether oxygens (including phenoxy) is 2. The average molecular weight is 465 g/mol. The number of methoxy groups -OCH3 is 1. The number of aryl methyl sites for hydroxylation is 1. The number of hydrogen-bond donors (Lipinski definition) is 4. The van der Waals surface area contributed by atoms with Crippen LogP contribution in [0.5, 0.6) is 5.75 Å². The fourth-order valence-corrected chi connectivity index (χ4v) is 3.67. The molecule has 2 atom stereocenters. The second-order valence-electron chi connectivity index (χ2n) is 7.77. The van der Waals surface area contributed by atoms with E-state index in [1.54, 1.807) is 36.4 Å². The summed E-state index contributed by atoms with van der Waals surface area (Å²) in [6, 6.07) is 17.9. The maximum Gasteiger partial charge on any atom is 0.412 e. The molecule has 34 heavy (non-hydrogen) atoms. The van der Waals surface area contributed by atoms with Crippen molar-refractivity contribution < 1.29 is 29.4 Å². The van der Waals surface area contributed by atoms with E-state index < -0.39 is 24.2 Å². The summed E-state index contributed by atoms with van der Waals surface area (Å²) < 4.78 is 11.6. The minimum absolute atomic E-state index is 0.120. The van der Waals surface area contributed by atoms with Crippen molar-refractivity contribution >= 4 is 28.5 Å². The number of aromatic hydroxyl groups is 1. The van der Waals surface area contributed by atoms with Gasteiger partial charge >= 0.3 is 6.09 Å². The lowest BCUT2D eigenvalue weighted by Crippen LogP contribution is -2.28. The summed E-state index contributed by atoms with van der Waals surface area (Å²) in [7, 11) is 1.52. The lowest BCUT2D eigenvalue weighted by molar-refractivity contribution is -0.124. The van der Waals surface area contributed by atoms with Crippen LogP contribution in [-0.2, 0) is 14.3 Å². The number of hydrogen-bond acceptors (Lipinski definition) is 6. The van der Waals surface area contributed by atoms with Gasteiger partial charge in [-0.1, -0.05) is 54.1 Å². The number of anilines is 1. The molecule has 0 aliphatic carbocycles. The van der Waals surface area contributed by atoms with Crippen LogP contribution in [0, 0.1) is 6.92 Å². The summed E-state index contributed by atoms with van der Waals surface area (Å²) >= 11 is 0. The third kappa shape index (κ3) is 6.34. The Morgan fingerprint density at radius 1 is 1.03 bits per heavy atom. The van der Waals surface area contributed by atoms with Crippen molar-refractivity contribution in [2.75, 3.05) is 12.4 Å². The molecule has 0 aliphatic rings. The molecule has 3 rings (SSSR count). The predicted octanol–water partition coefficient (Wildman–Crippen LogP) is 5.00. The molecule has 0 bridgehead atoms. The molecule has 0 heterocycles. The van der Waals surface area contributed by atoms with Crippen LogP contribution in [0.15, 0.2) is 72.8 Å². The van der Waals surface area contributed by atoms with Gasteiger partial charge in [-0.05, 0) is 43.4 Å². The largest absolute Gasteiger partial charge is 0.507 e. The number of nitrogens with one attached hydrogen (secondary N) is 2. The molecule has 0 fully saturated rings. The Balaban J connectivity index is 1.90. The van der Waals surface area contributed by atoms with Gasteiger partial charge in [0.05, 0.1) is 6.10 Å². The van der Waals surface area contributed by atoms with E-state index in [2.05, 4.69) is 5.32 Å². The van der Waals surface area contributed by atoms with Gasteiger partial charge in [0.1, 0.15) is 5.75 Å². The van der Waals surface area contributed by atoms with Gasteiger partial charge in [-0.15, -0.1) is 0 Å². The standard InChI is InChI=1S/C26H28N2O6/c1-17-11-13-18(14-12-17)27-26(31)34-25(23(33-2)9-5-6-10-24(30)28-32)21-15-16-22(29)20-8-4-3-7-19(20)21/h3-4,6-8,10-16,23,25,29,32H,5,9H2,1-2H3,(H,27,31)(H,28,30)/b10-6+/t23-,25-/m0/s1. The number of phenolic OH excluding ortho intramolecular Hbond substituents is 1. The van der Waals surface area contributed by atoms with Gasteiger partial charge < -0.3 is 14.6 Å². The highest BCUT2D eigenvalue weighted by molar-refractivity contribution is 5.91. The zero-order valence-electron chi connectivity index (χ0n) is 19.0. The van der Waals surface area contributed by atoms with E-state index in [1.165, 1.54) is 18.7 Å². The Kier molecular flexibility index (Phi) is 8.61. The van der Waals surface area contributed by atoms with Crippen LogP contribution in [0.2, 0.25) is 0 Å². The Labute approximate surface area is 197 Å². The normalized spacial score (nSPS) is 12.9. The van der Waals surface area contributed by atoms with Crippen molar-refractivity contribution in [3.8, 4) is 5.75 Å². The summed E-state index contributed by atoms with van der Waals surface area (Å²) in [5.41, 5.74) is 3.87. The number of hydroxylamine groups is 1. The number of amides is 2. The minimum Gasteiger partial charge on any atom is -0.507 e. The average Bonchev–Trinajstić information content (AvgIpc) is 2.85. The summed E-state index contributed by atoms with van der Waals surface area (Å²) in [5, 5.41) is 23.0. The van der Waals surface area contributed by atoms with Gasteiger partial charge in [-0.25, -0.2) is 10.3 Å². The number of carbonyl (C=O) groups excluding carboxylic acids is 2. The van der Waals surface area contributed by atoms with Crippen molar-refractivity contribution in [1.82, 2.24) is 5.48 Å². The molecule has 3 aromatic rings. The highest BCUT2D eigenvalue weighted by Gasteiger charge is 2.29. The van der Waals surface area contributed by atoms with Crippen LogP contribution in [-0.4, -0.2) is 35.5 Å². The highest BCUT2D eigenvalue weighted by Crippen LogP contribution is 2.36. The number of fused-ring (bicyclic) bond motifs is 1. The van der Waals surface area contributed by atoms with E-state index in [4.69, 9.17) is 14.7 Å². The molecule has 178 valence electrons. The van der Waals surface area contributed by atoms with Crippen molar-refractivity contribution in [2.45, 2.75) is 32.0 Å². The Bertz CT molecular complexity index is 1160. The molecule has 0 saturated carbocycles. The van der Waals surface area contributed by atoms with E-state index in [1.807, 2.05) is 37.3 Å². The van der Waals surface area contributed by atoms with E-state index in [0.29, 0.717) is 29.5 Å². The molecule has 4 N–H and O–H groups in total. The second-order valence-corrected chi connectivity index (χ2v) is 7.77. The Morgan fingerprint density at radius 3 is 2.41 bits per heavy atom. The first-order chi connectivity index (χ1) is 16.4. The van der Waals surface area contributed by atoms with Gasteiger partial charge in [0.25, 0.3) is 5.91 Å². The van der Waals surface area contributed by atoms with Crippen LogP contribution >= 0.6 is 0 Å². The first-order valence-electron chi connectivity index (χ1n) is 10.8. The van der Waals surface area contributed by atoms with Gasteiger partial charge in [0, 0.05) is 29.8 Å². The topological polar surface area (TPSA) is 117 Å². The number of phenols is 1. The summed E-state index contributed by atoms with van der Waals surface area (Å²) in [6.45, 7) is 1.95. The van der Waals surface area contributed by atoms with Crippen molar-refractivity contribution in [3.05, 3.63) is 83.9 Å². The molecule has 0 spiro atoms. The first-order valence-corrected chi connectivity index (χ1v) is 10.8. The zero-order chi connectivity index (χ0) is 24.5. The lowest BCUT2D eigenvalue weighted by atomic mass is 9.94. The van der Waals surface area contributed by atoms with E-state index in [0.717, 1.165) is 10.9 Å². The maximum absolute atomic E-state index is 12.8. The van der Waals surface area contributed by atoms with Crippen LogP contribution in [0.25, 0.3) is 10.8 Å². The van der Waals surface area contributed by atoms with Crippen molar-refractivity contribution in [3.63, 3.8) is 0 Å². The summed E-state index contributed by atoms with van der Waals surface area (Å²) in [4.78, 5) is 24.0. The minimum atomic E-state index is -0.805. The predicted molar refractivity (Wildman–Crippen MR) is 129 cm³/mol. The molecule has 8 nitrogen and oxygen atoms in total. The molecule has 0 unspecified atom stereocenters. The van der Waals surface area contributed by atoms with Crippen LogP contribution in [0.3, 0.4) is 0 Å². The molecule has 8 heteroatoms. The smallest absolute Gasteiger partial charge is 0.412 e. The van der Waals surface area contributed by atoms with Crippen LogP contribution in [0.4, 0.5) is 10.5 Å². The molecule has 0 aliphatic heterocycles. The monoisotopic (exact) mass is 464 g/mol. The molecule has 0 aromatic heterocycles. The van der Waals surface area contributed by atoms with Gasteiger partial charge in [-0.2, -0.15) is 0 Å². The van der Waals surface area contributed by atoms with E-state index in [-0.39, 0.29) is 5.75 Å². The number of allylic oxidation sites excluding steroid dienone is 1. The van der Waals surface area contributed by atoms with Gasteiger partial charge in [0.15, 0.2) is 6.10 Å². The van der Waals surface area contributed by atoms with Gasteiger partial charge in [-0.3, -0.25) is 15.3 Å². The number of benzene rings is 3. The Morgan fingerprint density at radius 2 is 1.74 bits per heavy atom. The number of carbonyl (C=O) groups is 2. The van der Waals surface area contributed by atoms with Gasteiger partial charge in [0.2, 0.25) is 0 Å². The maximum atomic E-state index is 12.8. The molecule has 2 amide bonds. The molecule has 3 aromatic carbocycles. The van der Waals surface area contributed by atoms with Crippen LogP contribution in [0.1, 0.15) is 30.1 Å². The highest BCUT2D eigenvalue weighted by atomic mass is 16.6. The third-order valence-corrected chi connectivity index (χ3v) is 5.41. The lowest BCUT2D eigenvalue weighted by Gasteiger charge is -2.27. The van der Waals surface area contributed by atoms with E-state index >= 15 is 0 Å². The molecular weight excluding hydrogens is 436 g/mol. The summed E-state index contributed by atoms with van der Waals surface area (Å²) in [5.74, 6) is -0.516. The molecule has 0 saturated heterocycles. The van der Waals surface area contributed by atoms with Crippen LogP contribution < -0.4 is 10.8 Å².